The zero-order valence-corrected chi connectivity index (χ0v) is 15.6. The van der Waals surface area contributed by atoms with Crippen molar-refractivity contribution in [3.63, 3.8) is 0 Å². The number of rotatable bonds is 7. The Balaban J connectivity index is 2.11. The quantitative estimate of drug-likeness (QED) is 0.683. The van der Waals surface area contributed by atoms with Crippen molar-refractivity contribution in [3.05, 3.63) is 23.2 Å². The number of piperidine rings is 1. The first-order valence-corrected chi connectivity index (χ1v) is 9.94. The molecule has 0 saturated carbocycles. The predicted molar refractivity (Wildman–Crippen MR) is 94.2 cm³/mol. The number of carbonyl (C=O) groups is 1. The molecule has 1 amide bonds. The second-order valence-corrected chi connectivity index (χ2v) is 8.21. The largest absolute Gasteiger partial charge is 0.495 e. The third-order valence-corrected chi connectivity index (χ3v) is 6.31. The zero-order valence-electron chi connectivity index (χ0n) is 14.1. The predicted octanol–water partition coefficient (Wildman–Crippen LogP) is 1.25. The first-order chi connectivity index (χ1) is 11.9. The number of hydrogen-bond donors (Lipinski definition) is 2. The zero-order chi connectivity index (χ0) is 18.4. The summed E-state index contributed by atoms with van der Waals surface area (Å²) in [5, 5.41) is 11.7. The number of hydrogen-bond acceptors (Lipinski definition) is 5. The number of nitrogens with zero attached hydrogens (tertiary/aromatic N) is 1. The molecule has 1 aromatic carbocycles. The monoisotopic (exact) mass is 390 g/mol. The van der Waals surface area contributed by atoms with E-state index < -0.39 is 15.9 Å². The lowest BCUT2D eigenvalue weighted by molar-refractivity contribution is -0.126. The van der Waals surface area contributed by atoms with Crippen molar-refractivity contribution in [2.45, 2.75) is 24.2 Å². The van der Waals surface area contributed by atoms with Crippen LogP contribution in [0.2, 0.25) is 5.02 Å². The molecule has 7 nitrogen and oxygen atoms in total. The Morgan fingerprint density at radius 1 is 1.48 bits per heavy atom. The first kappa shape index (κ1) is 20.0. The van der Waals surface area contributed by atoms with E-state index in [9.17, 15) is 13.2 Å². The molecule has 1 atom stereocenters. The van der Waals surface area contributed by atoms with Gasteiger partial charge in [-0.3, -0.25) is 4.79 Å². The normalized spacial score (nSPS) is 18.8. The van der Waals surface area contributed by atoms with Gasteiger partial charge >= 0.3 is 0 Å². The van der Waals surface area contributed by atoms with Crippen LogP contribution in [-0.2, 0) is 14.8 Å². The van der Waals surface area contributed by atoms with Gasteiger partial charge in [0, 0.05) is 26.2 Å². The first-order valence-electron chi connectivity index (χ1n) is 8.12. The highest BCUT2D eigenvalue weighted by atomic mass is 35.5. The molecule has 25 heavy (non-hydrogen) atoms. The number of halogens is 1. The van der Waals surface area contributed by atoms with Gasteiger partial charge in [0.15, 0.2) is 0 Å². The van der Waals surface area contributed by atoms with Crippen molar-refractivity contribution in [3.8, 4) is 5.75 Å². The Morgan fingerprint density at radius 2 is 2.24 bits per heavy atom. The van der Waals surface area contributed by atoms with Crippen LogP contribution in [-0.4, -0.2) is 57.1 Å². The number of aliphatic hydroxyl groups is 1. The van der Waals surface area contributed by atoms with Gasteiger partial charge in [-0.1, -0.05) is 11.6 Å². The number of methoxy groups -OCH3 is 1. The van der Waals surface area contributed by atoms with E-state index >= 15 is 0 Å². The third kappa shape index (κ3) is 4.84. The van der Waals surface area contributed by atoms with Crippen LogP contribution in [0.1, 0.15) is 19.3 Å². The van der Waals surface area contributed by atoms with Crippen molar-refractivity contribution < 1.29 is 23.1 Å². The third-order valence-electron chi connectivity index (χ3n) is 4.15. The molecule has 140 valence electrons. The van der Waals surface area contributed by atoms with E-state index in [4.69, 9.17) is 21.4 Å². The van der Waals surface area contributed by atoms with Gasteiger partial charge in [-0.2, -0.15) is 4.31 Å². The topological polar surface area (TPSA) is 95.9 Å². The summed E-state index contributed by atoms with van der Waals surface area (Å²) in [7, 11) is -2.27. The minimum absolute atomic E-state index is 0.00365. The second-order valence-electron chi connectivity index (χ2n) is 5.87. The molecule has 2 N–H and O–H groups in total. The molecule has 1 aromatic rings. The van der Waals surface area contributed by atoms with Gasteiger partial charge in [0.25, 0.3) is 0 Å². The van der Waals surface area contributed by atoms with Crippen molar-refractivity contribution in [2.75, 3.05) is 33.4 Å². The summed E-state index contributed by atoms with van der Waals surface area (Å²) in [6, 6.07) is 4.32. The summed E-state index contributed by atoms with van der Waals surface area (Å²) in [6.45, 7) is 0.889. The smallest absolute Gasteiger partial charge is 0.243 e. The summed E-state index contributed by atoms with van der Waals surface area (Å²) in [5.74, 6) is -0.169. The van der Waals surface area contributed by atoms with E-state index in [0.717, 1.165) is 0 Å². The molecule has 1 heterocycles. The average molecular weight is 391 g/mol. The minimum Gasteiger partial charge on any atom is -0.495 e. The van der Waals surface area contributed by atoms with Crippen molar-refractivity contribution in [2.24, 2.45) is 5.92 Å². The summed E-state index contributed by atoms with van der Waals surface area (Å²) >= 11 is 6.03. The molecule has 0 radical (unpaired) electrons. The Morgan fingerprint density at radius 3 is 2.88 bits per heavy atom. The lowest BCUT2D eigenvalue weighted by Crippen LogP contribution is -2.45. The van der Waals surface area contributed by atoms with Gasteiger partial charge in [0.2, 0.25) is 15.9 Å². The van der Waals surface area contributed by atoms with E-state index in [1.807, 2.05) is 0 Å². The molecule has 1 aliphatic rings. The molecule has 9 heteroatoms. The summed E-state index contributed by atoms with van der Waals surface area (Å²) in [5.41, 5.74) is 0. The minimum atomic E-state index is -3.73. The fourth-order valence-corrected chi connectivity index (χ4v) is 4.64. The maximum absolute atomic E-state index is 12.8. The fraction of sp³-hybridized carbons (Fsp3) is 0.562. The summed E-state index contributed by atoms with van der Waals surface area (Å²) in [6.07, 6.45) is 1.73. The van der Waals surface area contributed by atoms with E-state index in [-0.39, 0.29) is 29.0 Å². The molecule has 0 aliphatic carbocycles. The highest BCUT2D eigenvalue weighted by Crippen LogP contribution is 2.30. The van der Waals surface area contributed by atoms with Crippen LogP contribution in [0.25, 0.3) is 0 Å². The van der Waals surface area contributed by atoms with Crippen LogP contribution in [0.4, 0.5) is 0 Å². The van der Waals surface area contributed by atoms with E-state index in [0.29, 0.717) is 38.1 Å². The molecule has 1 saturated heterocycles. The Bertz CT molecular complexity index is 710. The van der Waals surface area contributed by atoms with Crippen LogP contribution < -0.4 is 10.1 Å². The Hall–Kier alpha value is -1.35. The number of sulfonamides is 1. The number of aliphatic hydroxyl groups excluding tert-OH is 1. The molecule has 0 spiro atoms. The van der Waals surface area contributed by atoms with Gasteiger partial charge in [-0.15, -0.1) is 0 Å². The van der Waals surface area contributed by atoms with Gasteiger partial charge < -0.3 is 15.2 Å². The molecular weight excluding hydrogens is 368 g/mol. The maximum atomic E-state index is 12.8. The van der Waals surface area contributed by atoms with Crippen LogP contribution in [0.15, 0.2) is 23.1 Å². The van der Waals surface area contributed by atoms with Crippen molar-refractivity contribution in [1.82, 2.24) is 9.62 Å². The Labute approximate surface area is 153 Å². The maximum Gasteiger partial charge on any atom is 0.243 e. The molecule has 1 fully saturated rings. The van der Waals surface area contributed by atoms with E-state index in [1.54, 1.807) is 0 Å². The standard InChI is InChI=1S/C16H23ClN2O5S/c1-24-15-6-5-13(10-14(15)17)25(22,23)19-8-2-4-12(11-19)16(21)18-7-3-9-20/h5-6,10,12,20H,2-4,7-9,11H2,1H3,(H,18,21)/t12-/m1/s1. The highest BCUT2D eigenvalue weighted by molar-refractivity contribution is 7.89. The fourth-order valence-electron chi connectivity index (χ4n) is 2.77. The number of carbonyl (C=O) groups excluding carboxylic acids is 1. The summed E-state index contributed by atoms with van der Waals surface area (Å²) in [4.78, 5) is 12.3. The van der Waals surface area contributed by atoms with E-state index in [1.165, 1.54) is 29.6 Å². The van der Waals surface area contributed by atoms with Crippen LogP contribution in [0.3, 0.4) is 0 Å². The lowest BCUT2D eigenvalue weighted by atomic mass is 9.99. The highest BCUT2D eigenvalue weighted by Gasteiger charge is 2.33. The van der Waals surface area contributed by atoms with E-state index in [2.05, 4.69) is 5.32 Å². The van der Waals surface area contributed by atoms with Gasteiger partial charge in [-0.25, -0.2) is 8.42 Å². The number of ether oxygens (including phenoxy) is 1. The second kappa shape index (κ2) is 8.84. The van der Waals surface area contributed by atoms with Gasteiger partial charge in [0.05, 0.1) is 22.9 Å². The van der Waals surface area contributed by atoms with Crippen LogP contribution in [0.5, 0.6) is 5.75 Å². The molecule has 0 bridgehead atoms. The molecule has 1 aliphatic heterocycles. The Kier molecular flexibility index (Phi) is 7.06. The number of amides is 1. The SMILES string of the molecule is COc1ccc(S(=O)(=O)N2CCC[C@@H](C(=O)NCCCO)C2)cc1Cl. The van der Waals surface area contributed by atoms with Gasteiger partial charge in [0.1, 0.15) is 5.75 Å². The van der Waals surface area contributed by atoms with Crippen molar-refractivity contribution in [1.29, 1.82) is 0 Å². The lowest BCUT2D eigenvalue weighted by Gasteiger charge is -2.31. The molecule has 0 unspecified atom stereocenters. The van der Waals surface area contributed by atoms with Crippen LogP contribution >= 0.6 is 11.6 Å². The number of nitrogens with one attached hydrogen (secondary N) is 1. The van der Waals surface area contributed by atoms with Crippen LogP contribution in [0, 0.1) is 5.92 Å². The average Bonchev–Trinajstić information content (AvgIpc) is 2.61. The van der Waals surface area contributed by atoms with Gasteiger partial charge in [-0.05, 0) is 37.5 Å². The molecule has 0 aromatic heterocycles. The molecular formula is C16H23ClN2O5S. The number of benzene rings is 1. The summed E-state index contributed by atoms with van der Waals surface area (Å²) < 4.78 is 32.0. The van der Waals surface area contributed by atoms with Crippen molar-refractivity contribution >= 4 is 27.5 Å². The molecule has 2 rings (SSSR count).